The molecule has 13 heavy (non-hydrogen) atoms. The molecule has 74 valence electrons. The van der Waals surface area contributed by atoms with Gasteiger partial charge in [0.15, 0.2) is 0 Å². The minimum Gasteiger partial charge on any atom is -0.345 e. The number of aromatic amines is 1. The van der Waals surface area contributed by atoms with Gasteiger partial charge in [0.2, 0.25) is 0 Å². The molecule has 0 saturated carbocycles. The number of imidazole rings is 1. The first-order chi connectivity index (χ1) is 6.13. The van der Waals surface area contributed by atoms with Gasteiger partial charge >= 0.3 is 0 Å². The molecule has 1 aromatic heterocycles. The second-order valence-electron chi connectivity index (χ2n) is 3.64. The highest BCUT2D eigenvalue weighted by atomic mass is 15.0. The molecule has 1 aromatic rings. The van der Waals surface area contributed by atoms with Crippen molar-refractivity contribution in [1.29, 1.82) is 0 Å². The maximum atomic E-state index is 4.48. The summed E-state index contributed by atoms with van der Waals surface area (Å²) in [4.78, 5) is 7.76. The van der Waals surface area contributed by atoms with Crippen LogP contribution in [0, 0.1) is 6.92 Å². The molecule has 0 saturated heterocycles. The number of nitrogens with one attached hydrogen (secondary N) is 2. The number of nitrogens with zero attached hydrogens (tertiary/aromatic N) is 1. The predicted octanol–water partition coefficient (Wildman–Crippen LogP) is 1.78. The summed E-state index contributed by atoms with van der Waals surface area (Å²) in [5.74, 6) is 1.04. The molecule has 2 N–H and O–H groups in total. The molecular weight excluding hydrogens is 162 g/mol. The summed E-state index contributed by atoms with van der Waals surface area (Å²) in [6, 6.07) is 0.510. The van der Waals surface area contributed by atoms with E-state index in [0.29, 0.717) is 6.04 Å². The zero-order chi connectivity index (χ0) is 9.84. The van der Waals surface area contributed by atoms with Gasteiger partial charge in [-0.2, -0.15) is 0 Å². The molecule has 3 nitrogen and oxygen atoms in total. The fourth-order valence-electron chi connectivity index (χ4n) is 1.29. The van der Waals surface area contributed by atoms with Crippen LogP contribution in [-0.2, 0) is 13.0 Å². The van der Waals surface area contributed by atoms with Gasteiger partial charge < -0.3 is 10.3 Å². The van der Waals surface area contributed by atoms with Crippen molar-refractivity contribution in [1.82, 2.24) is 15.3 Å². The van der Waals surface area contributed by atoms with Gasteiger partial charge in [0.1, 0.15) is 5.82 Å². The van der Waals surface area contributed by atoms with E-state index in [1.165, 1.54) is 11.4 Å². The van der Waals surface area contributed by atoms with E-state index in [1.807, 2.05) is 0 Å². The van der Waals surface area contributed by atoms with Crippen LogP contribution in [0.2, 0.25) is 0 Å². The highest BCUT2D eigenvalue weighted by Gasteiger charge is 2.04. The first-order valence-electron chi connectivity index (χ1n) is 4.91. The van der Waals surface area contributed by atoms with Gasteiger partial charge in [0.25, 0.3) is 0 Å². The SMILES string of the molecule is CCc1nc(CNC(C)C)[nH]c1C. The fourth-order valence-corrected chi connectivity index (χ4v) is 1.29. The van der Waals surface area contributed by atoms with E-state index in [4.69, 9.17) is 0 Å². The fraction of sp³-hybridized carbons (Fsp3) is 0.700. The monoisotopic (exact) mass is 181 g/mol. The third-order valence-corrected chi connectivity index (χ3v) is 2.05. The average Bonchev–Trinajstić information content (AvgIpc) is 2.43. The highest BCUT2D eigenvalue weighted by molar-refractivity contribution is 5.12. The Labute approximate surface area is 80.0 Å². The van der Waals surface area contributed by atoms with E-state index in [9.17, 15) is 0 Å². The number of hydrogen-bond acceptors (Lipinski definition) is 2. The molecule has 0 aromatic carbocycles. The molecule has 0 aliphatic heterocycles. The maximum Gasteiger partial charge on any atom is 0.120 e. The smallest absolute Gasteiger partial charge is 0.120 e. The Balaban J connectivity index is 2.57. The Morgan fingerprint density at radius 1 is 1.46 bits per heavy atom. The van der Waals surface area contributed by atoms with Gasteiger partial charge in [-0.05, 0) is 13.3 Å². The molecule has 0 radical (unpaired) electrons. The first-order valence-corrected chi connectivity index (χ1v) is 4.91. The lowest BCUT2D eigenvalue weighted by Crippen LogP contribution is -2.22. The van der Waals surface area contributed by atoms with Gasteiger partial charge in [0, 0.05) is 11.7 Å². The molecule has 0 spiro atoms. The highest BCUT2D eigenvalue weighted by Crippen LogP contribution is 2.05. The van der Waals surface area contributed by atoms with Crippen molar-refractivity contribution in [3.63, 3.8) is 0 Å². The summed E-state index contributed by atoms with van der Waals surface area (Å²) in [5, 5.41) is 3.33. The van der Waals surface area contributed by atoms with E-state index in [0.717, 1.165) is 18.8 Å². The average molecular weight is 181 g/mol. The summed E-state index contributed by atoms with van der Waals surface area (Å²) in [6.45, 7) is 9.30. The summed E-state index contributed by atoms with van der Waals surface area (Å²) in [6.07, 6.45) is 1.00. The quantitative estimate of drug-likeness (QED) is 0.743. The number of aryl methyl sites for hydroxylation is 2. The molecule has 0 aliphatic carbocycles. The summed E-state index contributed by atoms with van der Waals surface area (Å²) in [7, 11) is 0. The second-order valence-corrected chi connectivity index (χ2v) is 3.64. The Bertz CT molecular complexity index is 263. The van der Waals surface area contributed by atoms with E-state index >= 15 is 0 Å². The molecule has 0 unspecified atom stereocenters. The minimum absolute atomic E-state index is 0.510. The van der Waals surface area contributed by atoms with Crippen molar-refractivity contribution in [3.8, 4) is 0 Å². The second kappa shape index (κ2) is 4.42. The van der Waals surface area contributed by atoms with Crippen molar-refractivity contribution in [2.24, 2.45) is 0 Å². The normalized spacial score (nSPS) is 11.2. The lowest BCUT2D eigenvalue weighted by atomic mass is 10.3. The maximum absolute atomic E-state index is 4.48. The van der Waals surface area contributed by atoms with Gasteiger partial charge in [-0.3, -0.25) is 0 Å². The Morgan fingerprint density at radius 3 is 2.62 bits per heavy atom. The molecule has 0 amide bonds. The summed E-state index contributed by atoms with van der Waals surface area (Å²) in [5.41, 5.74) is 2.38. The van der Waals surface area contributed by atoms with Crippen LogP contribution in [-0.4, -0.2) is 16.0 Å². The van der Waals surface area contributed by atoms with Crippen molar-refractivity contribution in [2.75, 3.05) is 0 Å². The first kappa shape index (κ1) is 10.3. The summed E-state index contributed by atoms with van der Waals surface area (Å²) < 4.78 is 0. The third kappa shape index (κ3) is 2.84. The van der Waals surface area contributed by atoms with Crippen LogP contribution in [0.3, 0.4) is 0 Å². The molecule has 1 rings (SSSR count). The van der Waals surface area contributed by atoms with Crippen LogP contribution in [0.1, 0.15) is 38.0 Å². The van der Waals surface area contributed by atoms with Crippen molar-refractivity contribution in [2.45, 2.75) is 46.7 Å². The van der Waals surface area contributed by atoms with E-state index < -0.39 is 0 Å². The van der Waals surface area contributed by atoms with Crippen LogP contribution >= 0.6 is 0 Å². The van der Waals surface area contributed by atoms with Crippen LogP contribution in [0.5, 0.6) is 0 Å². The lowest BCUT2D eigenvalue weighted by molar-refractivity contribution is 0.574. The van der Waals surface area contributed by atoms with E-state index in [2.05, 4.69) is 43.0 Å². The number of hydrogen-bond donors (Lipinski definition) is 2. The standard InChI is InChI=1S/C10H19N3/c1-5-9-8(4)12-10(13-9)6-11-7(2)3/h7,11H,5-6H2,1-4H3,(H,12,13). The van der Waals surface area contributed by atoms with Gasteiger partial charge in [0.05, 0.1) is 12.2 Å². The zero-order valence-electron chi connectivity index (χ0n) is 8.94. The molecular formula is C10H19N3. The lowest BCUT2D eigenvalue weighted by Gasteiger charge is -2.04. The minimum atomic E-state index is 0.510. The Hall–Kier alpha value is -0.830. The van der Waals surface area contributed by atoms with Crippen LogP contribution in [0.4, 0.5) is 0 Å². The number of aromatic nitrogens is 2. The van der Waals surface area contributed by atoms with E-state index in [1.54, 1.807) is 0 Å². The van der Waals surface area contributed by atoms with E-state index in [-0.39, 0.29) is 0 Å². The van der Waals surface area contributed by atoms with Crippen molar-refractivity contribution < 1.29 is 0 Å². The summed E-state index contributed by atoms with van der Waals surface area (Å²) >= 11 is 0. The molecule has 0 atom stereocenters. The zero-order valence-corrected chi connectivity index (χ0v) is 8.94. The van der Waals surface area contributed by atoms with Crippen molar-refractivity contribution in [3.05, 3.63) is 17.2 Å². The topological polar surface area (TPSA) is 40.7 Å². The van der Waals surface area contributed by atoms with Gasteiger partial charge in [-0.15, -0.1) is 0 Å². The Morgan fingerprint density at radius 2 is 2.15 bits per heavy atom. The van der Waals surface area contributed by atoms with Crippen LogP contribution < -0.4 is 5.32 Å². The van der Waals surface area contributed by atoms with Crippen LogP contribution in [0.15, 0.2) is 0 Å². The van der Waals surface area contributed by atoms with Crippen molar-refractivity contribution >= 4 is 0 Å². The largest absolute Gasteiger partial charge is 0.345 e. The number of rotatable bonds is 4. The third-order valence-electron chi connectivity index (χ3n) is 2.05. The van der Waals surface area contributed by atoms with Gasteiger partial charge in [-0.25, -0.2) is 4.98 Å². The van der Waals surface area contributed by atoms with Gasteiger partial charge in [-0.1, -0.05) is 20.8 Å². The molecule has 1 heterocycles. The number of H-pyrrole nitrogens is 1. The molecule has 0 fully saturated rings. The predicted molar refractivity (Wildman–Crippen MR) is 54.7 cm³/mol. The van der Waals surface area contributed by atoms with Crippen LogP contribution in [0.25, 0.3) is 0 Å². The molecule has 3 heteroatoms. The molecule has 0 bridgehead atoms. The Kier molecular flexibility index (Phi) is 3.48. The molecule has 0 aliphatic rings.